The van der Waals surface area contributed by atoms with Crippen LogP contribution in [0, 0.1) is 0 Å². The topological polar surface area (TPSA) is 15.3 Å². The standard InChI is InChI=1S/C18H30N2/c1-18(2,3)19-13-12-15-8-5-6-9-16(15)14-20(4)17-10-7-11-17/h5-6,8-9,17,19H,7,10-14H2,1-4H3. The molecule has 0 bridgehead atoms. The number of nitrogens with one attached hydrogen (secondary N) is 1. The summed E-state index contributed by atoms with van der Waals surface area (Å²) in [6, 6.07) is 9.73. The van der Waals surface area contributed by atoms with Crippen LogP contribution in [0.3, 0.4) is 0 Å². The first-order chi connectivity index (χ1) is 9.46. The van der Waals surface area contributed by atoms with Crippen molar-refractivity contribution in [1.82, 2.24) is 10.2 Å². The third kappa shape index (κ3) is 4.60. The van der Waals surface area contributed by atoms with E-state index in [1.165, 1.54) is 30.4 Å². The molecule has 0 saturated heterocycles. The zero-order valence-electron chi connectivity index (χ0n) is 13.6. The van der Waals surface area contributed by atoms with E-state index >= 15 is 0 Å². The first kappa shape index (κ1) is 15.5. The van der Waals surface area contributed by atoms with Gasteiger partial charge in [0.15, 0.2) is 0 Å². The predicted molar refractivity (Wildman–Crippen MR) is 87.0 cm³/mol. The van der Waals surface area contributed by atoms with E-state index in [9.17, 15) is 0 Å². The van der Waals surface area contributed by atoms with Gasteiger partial charge >= 0.3 is 0 Å². The largest absolute Gasteiger partial charge is 0.312 e. The Morgan fingerprint density at radius 3 is 2.35 bits per heavy atom. The van der Waals surface area contributed by atoms with Gasteiger partial charge in [0, 0.05) is 18.1 Å². The third-order valence-electron chi connectivity index (χ3n) is 4.29. The first-order valence-electron chi connectivity index (χ1n) is 7.98. The van der Waals surface area contributed by atoms with Crippen molar-refractivity contribution in [2.24, 2.45) is 0 Å². The summed E-state index contributed by atoms with van der Waals surface area (Å²) in [5.41, 5.74) is 3.20. The molecule has 1 aliphatic carbocycles. The van der Waals surface area contributed by atoms with Crippen molar-refractivity contribution in [2.75, 3.05) is 13.6 Å². The van der Waals surface area contributed by atoms with E-state index in [1.807, 2.05) is 0 Å². The first-order valence-corrected chi connectivity index (χ1v) is 7.98. The summed E-state index contributed by atoms with van der Waals surface area (Å²) >= 11 is 0. The monoisotopic (exact) mass is 274 g/mol. The van der Waals surface area contributed by atoms with Crippen molar-refractivity contribution in [3.63, 3.8) is 0 Å². The fourth-order valence-corrected chi connectivity index (χ4v) is 2.75. The van der Waals surface area contributed by atoms with Crippen LogP contribution in [-0.4, -0.2) is 30.1 Å². The van der Waals surface area contributed by atoms with Gasteiger partial charge in [0.1, 0.15) is 0 Å². The minimum atomic E-state index is 0.206. The molecule has 1 N–H and O–H groups in total. The second-order valence-corrected chi connectivity index (χ2v) is 7.20. The molecule has 0 radical (unpaired) electrons. The van der Waals surface area contributed by atoms with Crippen molar-refractivity contribution in [1.29, 1.82) is 0 Å². The Kier molecular flexibility index (Phi) is 5.22. The lowest BCUT2D eigenvalue weighted by molar-refractivity contribution is 0.152. The SMILES string of the molecule is CN(Cc1ccccc1CCNC(C)(C)C)C1CCC1. The Labute approximate surface area is 124 Å². The van der Waals surface area contributed by atoms with E-state index < -0.39 is 0 Å². The Hall–Kier alpha value is -0.860. The van der Waals surface area contributed by atoms with Crippen molar-refractivity contribution in [3.05, 3.63) is 35.4 Å². The average Bonchev–Trinajstić information content (AvgIpc) is 2.27. The molecule has 112 valence electrons. The van der Waals surface area contributed by atoms with Gasteiger partial charge in [-0.2, -0.15) is 0 Å². The van der Waals surface area contributed by atoms with E-state index in [2.05, 4.69) is 62.3 Å². The minimum Gasteiger partial charge on any atom is -0.312 e. The number of rotatable bonds is 6. The van der Waals surface area contributed by atoms with Crippen molar-refractivity contribution in [2.45, 2.75) is 64.6 Å². The molecule has 2 nitrogen and oxygen atoms in total. The van der Waals surface area contributed by atoms with Gasteiger partial charge < -0.3 is 5.32 Å². The maximum absolute atomic E-state index is 3.58. The summed E-state index contributed by atoms with van der Waals surface area (Å²) in [5, 5.41) is 3.58. The molecular formula is C18H30N2. The Bertz CT molecular complexity index is 416. The van der Waals surface area contributed by atoms with E-state index in [1.54, 1.807) is 0 Å². The Morgan fingerprint density at radius 1 is 1.15 bits per heavy atom. The maximum Gasteiger partial charge on any atom is 0.0236 e. The number of nitrogens with zero attached hydrogens (tertiary/aromatic N) is 1. The van der Waals surface area contributed by atoms with Gasteiger partial charge in [-0.25, -0.2) is 0 Å². The fraction of sp³-hybridized carbons (Fsp3) is 0.667. The molecule has 0 aliphatic heterocycles. The molecule has 2 rings (SSSR count). The number of benzene rings is 1. The molecule has 0 spiro atoms. The van der Waals surface area contributed by atoms with Gasteiger partial charge in [-0.15, -0.1) is 0 Å². The molecule has 2 heteroatoms. The van der Waals surface area contributed by atoms with Gasteiger partial charge in [0.25, 0.3) is 0 Å². The van der Waals surface area contributed by atoms with E-state index in [4.69, 9.17) is 0 Å². The van der Waals surface area contributed by atoms with Crippen molar-refractivity contribution in [3.8, 4) is 0 Å². The molecule has 1 aromatic carbocycles. The molecule has 1 aliphatic rings. The normalized spacial score (nSPS) is 16.4. The van der Waals surface area contributed by atoms with E-state index in [0.717, 1.165) is 25.6 Å². The molecule has 0 unspecified atom stereocenters. The minimum absolute atomic E-state index is 0.206. The Morgan fingerprint density at radius 2 is 1.80 bits per heavy atom. The van der Waals surface area contributed by atoms with Gasteiger partial charge in [0.2, 0.25) is 0 Å². The van der Waals surface area contributed by atoms with Crippen molar-refractivity contribution >= 4 is 0 Å². The lowest BCUT2D eigenvalue weighted by atomic mass is 9.91. The maximum atomic E-state index is 3.58. The highest BCUT2D eigenvalue weighted by Gasteiger charge is 2.22. The van der Waals surface area contributed by atoms with Crippen LogP contribution in [0.15, 0.2) is 24.3 Å². The van der Waals surface area contributed by atoms with Gasteiger partial charge in [-0.3, -0.25) is 4.90 Å². The molecule has 0 heterocycles. The summed E-state index contributed by atoms with van der Waals surface area (Å²) in [6.45, 7) is 8.82. The highest BCUT2D eigenvalue weighted by Crippen LogP contribution is 2.25. The number of hydrogen-bond donors (Lipinski definition) is 1. The summed E-state index contributed by atoms with van der Waals surface area (Å²) in [7, 11) is 2.27. The van der Waals surface area contributed by atoms with Crippen LogP contribution in [0.5, 0.6) is 0 Å². The molecule has 1 saturated carbocycles. The summed E-state index contributed by atoms with van der Waals surface area (Å²) in [4.78, 5) is 2.53. The second kappa shape index (κ2) is 6.73. The zero-order valence-corrected chi connectivity index (χ0v) is 13.6. The van der Waals surface area contributed by atoms with Gasteiger partial charge in [-0.1, -0.05) is 30.7 Å². The molecular weight excluding hydrogens is 244 g/mol. The molecule has 20 heavy (non-hydrogen) atoms. The summed E-state index contributed by atoms with van der Waals surface area (Å²) in [5.74, 6) is 0. The molecule has 1 aromatic rings. The lowest BCUT2D eigenvalue weighted by Gasteiger charge is -2.35. The van der Waals surface area contributed by atoms with Crippen LogP contribution in [-0.2, 0) is 13.0 Å². The van der Waals surface area contributed by atoms with Gasteiger partial charge in [0.05, 0.1) is 0 Å². The fourth-order valence-electron chi connectivity index (χ4n) is 2.75. The van der Waals surface area contributed by atoms with Crippen molar-refractivity contribution < 1.29 is 0 Å². The zero-order chi connectivity index (χ0) is 14.6. The van der Waals surface area contributed by atoms with Crippen LogP contribution < -0.4 is 5.32 Å². The van der Waals surface area contributed by atoms with Crippen LogP contribution >= 0.6 is 0 Å². The highest BCUT2D eigenvalue weighted by atomic mass is 15.1. The quantitative estimate of drug-likeness (QED) is 0.852. The molecule has 1 fully saturated rings. The predicted octanol–water partition coefficient (Wildman–Crippen LogP) is 3.60. The van der Waals surface area contributed by atoms with E-state index in [-0.39, 0.29) is 5.54 Å². The summed E-state index contributed by atoms with van der Waals surface area (Å²) < 4.78 is 0. The lowest BCUT2D eigenvalue weighted by Crippen LogP contribution is -2.38. The van der Waals surface area contributed by atoms with Gasteiger partial charge in [-0.05, 0) is 64.8 Å². The summed E-state index contributed by atoms with van der Waals surface area (Å²) in [6.07, 6.45) is 5.28. The molecule has 0 aromatic heterocycles. The van der Waals surface area contributed by atoms with Crippen LogP contribution in [0.2, 0.25) is 0 Å². The smallest absolute Gasteiger partial charge is 0.0236 e. The van der Waals surface area contributed by atoms with E-state index in [0.29, 0.717) is 0 Å². The van der Waals surface area contributed by atoms with Crippen LogP contribution in [0.25, 0.3) is 0 Å². The van der Waals surface area contributed by atoms with Crippen LogP contribution in [0.1, 0.15) is 51.2 Å². The third-order valence-corrected chi connectivity index (χ3v) is 4.29. The highest BCUT2D eigenvalue weighted by molar-refractivity contribution is 5.27. The second-order valence-electron chi connectivity index (χ2n) is 7.20. The molecule has 0 atom stereocenters. The molecule has 0 amide bonds. The average molecular weight is 274 g/mol. The van der Waals surface area contributed by atoms with Crippen LogP contribution in [0.4, 0.5) is 0 Å². The number of hydrogen-bond acceptors (Lipinski definition) is 2. The Balaban J connectivity index is 1.91.